The lowest BCUT2D eigenvalue weighted by atomic mass is 10.1. The number of morpholine rings is 1. The highest BCUT2D eigenvalue weighted by atomic mass is 16.5. The van der Waals surface area contributed by atoms with Crippen molar-refractivity contribution in [3.63, 3.8) is 0 Å². The van der Waals surface area contributed by atoms with Crippen LogP contribution >= 0.6 is 0 Å². The monoisotopic (exact) mass is 541 g/mol. The molecule has 0 radical (unpaired) electrons. The maximum atomic E-state index is 12.3. The highest BCUT2D eigenvalue weighted by Gasteiger charge is 2.20. The summed E-state index contributed by atoms with van der Waals surface area (Å²) in [5.74, 6) is 0.975. The van der Waals surface area contributed by atoms with Gasteiger partial charge >= 0.3 is 0 Å². The average molecular weight is 542 g/mol. The zero-order valence-corrected chi connectivity index (χ0v) is 22.4. The zero-order chi connectivity index (χ0) is 27.9. The first-order chi connectivity index (χ1) is 19.5. The Morgan fingerprint density at radius 2 is 2.00 bits per heavy atom. The molecule has 0 spiro atoms. The van der Waals surface area contributed by atoms with E-state index in [1.54, 1.807) is 43.0 Å². The fourth-order valence-corrected chi connectivity index (χ4v) is 4.21. The van der Waals surface area contributed by atoms with Gasteiger partial charge in [-0.25, -0.2) is 15.0 Å². The minimum Gasteiger partial charge on any atom is -0.394 e. The summed E-state index contributed by atoms with van der Waals surface area (Å²) < 4.78 is 5.52. The molecule has 3 N–H and O–H groups in total. The number of likely N-dealkylation sites (N-methyl/N-ethyl adjacent to an activating group) is 1. The number of aliphatic hydroxyl groups excluding tert-OH is 1. The Bertz CT molecular complexity index is 1490. The summed E-state index contributed by atoms with van der Waals surface area (Å²) in [6.07, 6.45) is 9.85. The molecule has 0 saturated carbocycles. The predicted molar refractivity (Wildman–Crippen MR) is 153 cm³/mol. The van der Waals surface area contributed by atoms with E-state index in [2.05, 4.69) is 35.5 Å². The van der Waals surface area contributed by atoms with Crippen LogP contribution in [0.3, 0.4) is 0 Å². The lowest BCUT2D eigenvalue weighted by Crippen LogP contribution is -2.44. The molecule has 0 aliphatic carbocycles. The molecule has 12 heteroatoms. The summed E-state index contributed by atoms with van der Waals surface area (Å²) in [7, 11) is 3.87. The second-order valence-electron chi connectivity index (χ2n) is 9.53. The van der Waals surface area contributed by atoms with Gasteiger partial charge in [0.15, 0.2) is 0 Å². The van der Waals surface area contributed by atoms with E-state index in [-0.39, 0.29) is 18.6 Å². The summed E-state index contributed by atoms with van der Waals surface area (Å²) >= 11 is 0. The highest BCUT2D eigenvalue weighted by Crippen LogP contribution is 2.26. The van der Waals surface area contributed by atoms with Gasteiger partial charge in [0.1, 0.15) is 17.0 Å². The number of fused-ring (bicyclic) bond motifs is 1. The van der Waals surface area contributed by atoms with Gasteiger partial charge in [-0.05, 0) is 44.4 Å². The van der Waals surface area contributed by atoms with Crippen molar-refractivity contribution in [3.05, 3.63) is 67.3 Å². The summed E-state index contributed by atoms with van der Waals surface area (Å²) in [4.78, 5) is 39.1. The molecule has 1 atom stereocenters. The number of anilines is 4. The molecule has 1 unspecified atom stereocenters. The maximum Gasteiger partial charge on any atom is 0.248 e. The number of hydrogen-bond acceptors (Lipinski definition) is 11. The summed E-state index contributed by atoms with van der Waals surface area (Å²) in [5, 5.41) is 16.3. The van der Waals surface area contributed by atoms with Crippen LogP contribution in [-0.4, -0.2) is 93.9 Å². The number of nitrogens with zero attached hydrogens (tertiary/aromatic N) is 7. The van der Waals surface area contributed by atoms with Gasteiger partial charge in [-0.1, -0.05) is 6.08 Å². The van der Waals surface area contributed by atoms with Crippen LogP contribution in [0.1, 0.15) is 0 Å². The quantitative estimate of drug-likeness (QED) is 0.269. The molecule has 1 amide bonds. The Morgan fingerprint density at radius 1 is 1.12 bits per heavy atom. The second-order valence-corrected chi connectivity index (χ2v) is 9.53. The van der Waals surface area contributed by atoms with Gasteiger partial charge in [-0.2, -0.15) is 0 Å². The van der Waals surface area contributed by atoms with Gasteiger partial charge in [-0.15, -0.1) is 0 Å². The molecule has 0 bridgehead atoms. The third kappa shape index (κ3) is 6.72. The molecule has 206 valence electrons. The molecule has 1 saturated heterocycles. The topological polar surface area (TPSA) is 142 Å². The van der Waals surface area contributed by atoms with Crippen molar-refractivity contribution in [2.75, 3.05) is 62.5 Å². The van der Waals surface area contributed by atoms with E-state index < -0.39 is 0 Å². The molecular formula is C28H31N9O3. The van der Waals surface area contributed by atoms with Crippen LogP contribution in [0.4, 0.5) is 23.1 Å². The molecule has 1 fully saturated rings. The minimum atomic E-state index is -0.222. The SMILES string of the molecule is CN(C)CC=CC(=O)Nc1ccnc(-c2nccc3cnc(Nc4ccc(N5CCOC(CO)C5)nc4)nc23)c1. The molecule has 5 rings (SSSR count). The van der Waals surface area contributed by atoms with Crippen LogP contribution in [0, 0.1) is 0 Å². The predicted octanol–water partition coefficient (Wildman–Crippen LogP) is 2.48. The maximum absolute atomic E-state index is 12.3. The number of carbonyl (C=O) groups is 1. The lowest BCUT2D eigenvalue weighted by Gasteiger charge is -2.32. The Balaban J connectivity index is 1.33. The third-order valence-corrected chi connectivity index (χ3v) is 6.18. The number of rotatable bonds is 9. The first kappa shape index (κ1) is 27.1. The largest absolute Gasteiger partial charge is 0.394 e. The van der Waals surface area contributed by atoms with E-state index in [1.165, 1.54) is 6.08 Å². The van der Waals surface area contributed by atoms with Crippen molar-refractivity contribution in [1.82, 2.24) is 29.8 Å². The smallest absolute Gasteiger partial charge is 0.248 e. The Kier molecular flexibility index (Phi) is 8.50. The summed E-state index contributed by atoms with van der Waals surface area (Å²) in [6, 6.07) is 9.15. The van der Waals surface area contributed by atoms with E-state index in [9.17, 15) is 9.90 Å². The van der Waals surface area contributed by atoms with Crippen molar-refractivity contribution in [2.24, 2.45) is 0 Å². The van der Waals surface area contributed by atoms with Gasteiger partial charge in [0.2, 0.25) is 11.9 Å². The number of amides is 1. The number of nitrogens with one attached hydrogen (secondary N) is 2. The van der Waals surface area contributed by atoms with Crippen molar-refractivity contribution in [1.29, 1.82) is 0 Å². The van der Waals surface area contributed by atoms with E-state index in [1.807, 2.05) is 37.2 Å². The molecule has 40 heavy (non-hydrogen) atoms. The van der Waals surface area contributed by atoms with Crippen LogP contribution in [0.5, 0.6) is 0 Å². The van der Waals surface area contributed by atoms with Crippen LogP contribution in [-0.2, 0) is 9.53 Å². The van der Waals surface area contributed by atoms with E-state index in [0.29, 0.717) is 54.8 Å². The molecule has 1 aliphatic heterocycles. The highest BCUT2D eigenvalue weighted by molar-refractivity contribution is 6.00. The number of hydrogen-bond donors (Lipinski definition) is 3. The Labute approximate surface area is 231 Å². The van der Waals surface area contributed by atoms with Crippen molar-refractivity contribution in [3.8, 4) is 11.4 Å². The van der Waals surface area contributed by atoms with E-state index in [4.69, 9.17) is 9.72 Å². The second kappa shape index (κ2) is 12.6. The van der Waals surface area contributed by atoms with Crippen molar-refractivity contribution in [2.45, 2.75) is 6.10 Å². The Hall–Kier alpha value is -4.52. The third-order valence-electron chi connectivity index (χ3n) is 6.18. The first-order valence-corrected chi connectivity index (χ1v) is 12.9. The molecule has 1 aliphatic rings. The molecule has 5 heterocycles. The number of aromatic nitrogens is 5. The number of carbonyl (C=O) groups excluding carboxylic acids is 1. The Morgan fingerprint density at radius 3 is 2.80 bits per heavy atom. The summed E-state index contributed by atoms with van der Waals surface area (Å²) in [6.45, 7) is 2.50. The van der Waals surface area contributed by atoms with Crippen LogP contribution in [0.2, 0.25) is 0 Å². The van der Waals surface area contributed by atoms with Crippen LogP contribution in [0.25, 0.3) is 22.3 Å². The molecule has 0 aromatic carbocycles. The van der Waals surface area contributed by atoms with Crippen molar-refractivity contribution >= 4 is 40.0 Å². The van der Waals surface area contributed by atoms with Crippen LogP contribution in [0.15, 0.2) is 67.3 Å². The lowest BCUT2D eigenvalue weighted by molar-refractivity contribution is -0.111. The first-order valence-electron chi connectivity index (χ1n) is 12.9. The average Bonchev–Trinajstić information content (AvgIpc) is 2.97. The fourth-order valence-electron chi connectivity index (χ4n) is 4.21. The minimum absolute atomic E-state index is 0.0187. The summed E-state index contributed by atoms with van der Waals surface area (Å²) in [5.41, 5.74) is 3.09. The molecule has 4 aromatic heterocycles. The van der Waals surface area contributed by atoms with Crippen molar-refractivity contribution < 1.29 is 14.6 Å². The number of aliphatic hydroxyl groups is 1. The zero-order valence-electron chi connectivity index (χ0n) is 22.4. The van der Waals surface area contributed by atoms with Gasteiger partial charge in [0.05, 0.1) is 36.9 Å². The molecular weight excluding hydrogens is 510 g/mol. The van der Waals surface area contributed by atoms with Gasteiger partial charge in [-0.3, -0.25) is 14.8 Å². The molecule has 12 nitrogen and oxygen atoms in total. The standard InChI is InChI=1S/C28H31N9O3/c1-36(2)11-3-4-25(39)33-20-8-10-29-23(14-20)27-26-19(7-9-30-27)15-32-28(35-26)34-21-5-6-24(31-16-21)37-12-13-40-22(17-37)18-38/h3-10,14-16,22,38H,11-13,17-18H2,1-2H3,(H,29,33,39)(H,32,34,35). The number of pyridine rings is 3. The van der Waals surface area contributed by atoms with E-state index in [0.717, 1.165) is 16.9 Å². The van der Waals surface area contributed by atoms with Gasteiger partial charge in [0, 0.05) is 55.4 Å². The van der Waals surface area contributed by atoms with Gasteiger partial charge < -0.3 is 30.3 Å². The van der Waals surface area contributed by atoms with Crippen LogP contribution < -0.4 is 15.5 Å². The normalized spacial score (nSPS) is 15.6. The fraction of sp³-hybridized carbons (Fsp3) is 0.286. The van der Waals surface area contributed by atoms with E-state index >= 15 is 0 Å². The number of ether oxygens (including phenoxy) is 1. The van der Waals surface area contributed by atoms with Gasteiger partial charge in [0.25, 0.3) is 0 Å². The molecule has 4 aromatic rings.